The summed E-state index contributed by atoms with van der Waals surface area (Å²) in [5.74, 6) is -1.39. The third-order valence-corrected chi connectivity index (χ3v) is 6.59. The molecular formula is C29H33N3O5. The van der Waals surface area contributed by atoms with Gasteiger partial charge in [-0.1, -0.05) is 25.1 Å². The predicted molar refractivity (Wildman–Crippen MR) is 142 cm³/mol. The second-order valence-corrected chi connectivity index (χ2v) is 9.33. The summed E-state index contributed by atoms with van der Waals surface area (Å²) >= 11 is 0. The number of rotatable bonds is 8. The molecule has 1 N–H and O–H groups in total. The Morgan fingerprint density at radius 3 is 2.43 bits per heavy atom. The molecule has 0 saturated heterocycles. The number of fused-ring (bicyclic) bond motifs is 2. The number of para-hydroxylation sites is 1. The lowest BCUT2D eigenvalue weighted by Gasteiger charge is -2.32. The Hall–Kier alpha value is -3.78. The van der Waals surface area contributed by atoms with E-state index in [1.807, 2.05) is 24.3 Å². The van der Waals surface area contributed by atoms with Crippen molar-refractivity contribution in [3.63, 3.8) is 0 Å². The summed E-state index contributed by atoms with van der Waals surface area (Å²) in [7, 11) is 0. The normalized spacial score (nSPS) is 14.2. The number of nitrogens with zero attached hydrogens (tertiary/aromatic N) is 2. The molecule has 194 valence electrons. The number of pyridine rings is 1. The quantitative estimate of drug-likeness (QED) is 0.443. The first kappa shape index (κ1) is 26.3. The van der Waals surface area contributed by atoms with Crippen LogP contribution < -0.4 is 5.32 Å². The van der Waals surface area contributed by atoms with E-state index in [9.17, 15) is 14.4 Å². The largest absolute Gasteiger partial charge is 0.462 e. The molecule has 0 saturated carbocycles. The highest BCUT2D eigenvalue weighted by Crippen LogP contribution is 2.30. The maximum absolute atomic E-state index is 13.6. The fourth-order valence-electron chi connectivity index (χ4n) is 4.52. The molecule has 1 aromatic heterocycles. The number of hydrogen-bond acceptors (Lipinski definition) is 7. The minimum absolute atomic E-state index is 0.284. The second kappa shape index (κ2) is 11.5. The van der Waals surface area contributed by atoms with E-state index in [-0.39, 0.29) is 6.61 Å². The molecule has 1 amide bonds. The highest BCUT2D eigenvalue weighted by atomic mass is 16.5. The molecule has 0 aliphatic carbocycles. The predicted octanol–water partition coefficient (Wildman–Crippen LogP) is 4.75. The zero-order valence-corrected chi connectivity index (χ0v) is 21.7. The monoisotopic (exact) mass is 503 g/mol. The van der Waals surface area contributed by atoms with Crippen LogP contribution in [-0.4, -0.2) is 53.0 Å². The van der Waals surface area contributed by atoms with Crippen LogP contribution in [0.2, 0.25) is 0 Å². The van der Waals surface area contributed by atoms with Crippen molar-refractivity contribution in [3.05, 3.63) is 70.9 Å². The van der Waals surface area contributed by atoms with Gasteiger partial charge in [0.2, 0.25) is 0 Å². The van der Waals surface area contributed by atoms with Gasteiger partial charge in [-0.3, -0.25) is 14.7 Å². The molecule has 8 heteroatoms. The van der Waals surface area contributed by atoms with Crippen LogP contribution in [0.1, 0.15) is 66.1 Å². The van der Waals surface area contributed by atoms with E-state index in [0.29, 0.717) is 35.8 Å². The molecule has 1 atom stereocenters. The number of carbonyl (C=O) groups is 3. The average Bonchev–Trinajstić information content (AvgIpc) is 2.90. The molecule has 1 aliphatic rings. The van der Waals surface area contributed by atoms with Crippen LogP contribution in [0, 0.1) is 0 Å². The fraction of sp³-hybridized carbons (Fsp3) is 0.379. The topological polar surface area (TPSA) is 97.8 Å². The number of nitrogens with one attached hydrogen (secondary N) is 1. The van der Waals surface area contributed by atoms with Crippen molar-refractivity contribution in [1.29, 1.82) is 0 Å². The molecule has 2 heterocycles. The number of carbonyl (C=O) groups excluding carboxylic acids is 3. The summed E-state index contributed by atoms with van der Waals surface area (Å²) in [6.45, 7) is 9.56. The lowest BCUT2D eigenvalue weighted by Crippen LogP contribution is -2.38. The van der Waals surface area contributed by atoms with Crippen molar-refractivity contribution in [2.24, 2.45) is 0 Å². The standard InChI is InChI=1S/C29H33N3O5/c1-5-25(27(33)30-20-13-11-19(12-14-20)28(34)36-6-2)37-29(35)26-21-9-7-8-10-23(21)31-24-15-16-32(18(3)4)17-22(24)26/h7-14,18,25H,5-6,15-17H2,1-4H3,(H,30,33). The molecule has 0 fully saturated rings. The van der Waals surface area contributed by atoms with Crippen molar-refractivity contribution in [2.75, 3.05) is 18.5 Å². The molecule has 37 heavy (non-hydrogen) atoms. The van der Waals surface area contributed by atoms with Gasteiger partial charge in [-0.05, 0) is 57.5 Å². The third-order valence-electron chi connectivity index (χ3n) is 6.59. The summed E-state index contributed by atoms with van der Waals surface area (Å²) in [6, 6.07) is 14.3. The Morgan fingerprint density at radius 2 is 1.76 bits per heavy atom. The molecular weight excluding hydrogens is 470 g/mol. The van der Waals surface area contributed by atoms with Crippen LogP contribution >= 0.6 is 0 Å². The number of benzene rings is 2. The Bertz CT molecular complexity index is 1300. The highest BCUT2D eigenvalue weighted by Gasteiger charge is 2.30. The van der Waals surface area contributed by atoms with E-state index in [4.69, 9.17) is 14.5 Å². The van der Waals surface area contributed by atoms with Gasteiger partial charge in [0, 0.05) is 47.9 Å². The number of ether oxygens (including phenoxy) is 2. The van der Waals surface area contributed by atoms with Crippen LogP contribution in [0.3, 0.4) is 0 Å². The van der Waals surface area contributed by atoms with Gasteiger partial charge in [0.25, 0.3) is 5.91 Å². The zero-order chi connectivity index (χ0) is 26.5. The smallest absolute Gasteiger partial charge is 0.340 e. The first-order valence-electron chi connectivity index (χ1n) is 12.8. The van der Waals surface area contributed by atoms with Gasteiger partial charge in [-0.25, -0.2) is 9.59 Å². The number of anilines is 1. The summed E-state index contributed by atoms with van der Waals surface area (Å²) < 4.78 is 10.8. The Labute approximate surface area is 217 Å². The van der Waals surface area contributed by atoms with Crippen molar-refractivity contribution < 1.29 is 23.9 Å². The summed E-state index contributed by atoms with van der Waals surface area (Å²) in [5, 5.41) is 3.50. The summed E-state index contributed by atoms with van der Waals surface area (Å²) in [4.78, 5) is 45.6. The number of hydrogen-bond donors (Lipinski definition) is 1. The Balaban J connectivity index is 1.56. The van der Waals surface area contributed by atoms with E-state index < -0.39 is 23.9 Å². The van der Waals surface area contributed by atoms with E-state index in [1.54, 1.807) is 38.1 Å². The van der Waals surface area contributed by atoms with Crippen molar-refractivity contribution in [2.45, 2.75) is 59.2 Å². The molecule has 4 rings (SSSR count). The van der Waals surface area contributed by atoms with Gasteiger partial charge in [-0.15, -0.1) is 0 Å². The van der Waals surface area contributed by atoms with E-state index in [2.05, 4.69) is 24.1 Å². The van der Waals surface area contributed by atoms with Crippen molar-refractivity contribution >= 4 is 34.4 Å². The lowest BCUT2D eigenvalue weighted by molar-refractivity contribution is -0.124. The van der Waals surface area contributed by atoms with E-state index in [1.165, 1.54) is 0 Å². The molecule has 1 unspecified atom stereocenters. The first-order valence-corrected chi connectivity index (χ1v) is 12.8. The molecule has 1 aliphatic heterocycles. The first-order chi connectivity index (χ1) is 17.8. The number of esters is 2. The second-order valence-electron chi connectivity index (χ2n) is 9.33. The summed E-state index contributed by atoms with van der Waals surface area (Å²) in [6.07, 6.45) is 0.0736. The maximum Gasteiger partial charge on any atom is 0.340 e. The van der Waals surface area contributed by atoms with Crippen LogP contribution in [0.4, 0.5) is 5.69 Å². The van der Waals surface area contributed by atoms with E-state index >= 15 is 0 Å². The Kier molecular flexibility index (Phi) is 8.18. The zero-order valence-electron chi connectivity index (χ0n) is 21.7. The van der Waals surface area contributed by atoms with Gasteiger partial charge < -0.3 is 14.8 Å². The molecule has 8 nitrogen and oxygen atoms in total. The van der Waals surface area contributed by atoms with Crippen molar-refractivity contribution in [3.8, 4) is 0 Å². The molecule has 3 aromatic rings. The van der Waals surface area contributed by atoms with Crippen LogP contribution in [0.25, 0.3) is 10.9 Å². The van der Waals surface area contributed by atoms with Crippen molar-refractivity contribution in [1.82, 2.24) is 9.88 Å². The van der Waals surface area contributed by atoms with Crippen LogP contribution in [-0.2, 0) is 27.2 Å². The minimum atomic E-state index is -0.982. The molecule has 0 spiro atoms. The number of amides is 1. The SMILES string of the molecule is CCOC(=O)c1ccc(NC(=O)C(CC)OC(=O)c2c3c(nc4ccccc24)CCN(C(C)C)C3)cc1. The van der Waals surface area contributed by atoms with Gasteiger partial charge in [-0.2, -0.15) is 0 Å². The minimum Gasteiger partial charge on any atom is -0.462 e. The third kappa shape index (κ3) is 5.80. The number of aromatic nitrogens is 1. The van der Waals surface area contributed by atoms with Crippen LogP contribution in [0.5, 0.6) is 0 Å². The molecule has 0 bridgehead atoms. The van der Waals surface area contributed by atoms with Gasteiger partial charge in [0.1, 0.15) is 0 Å². The Morgan fingerprint density at radius 1 is 1.03 bits per heavy atom. The van der Waals surface area contributed by atoms with Crippen LogP contribution in [0.15, 0.2) is 48.5 Å². The lowest BCUT2D eigenvalue weighted by atomic mass is 9.95. The molecule has 2 aromatic carbocycles. The summed E-state index contributed by atoms with van der Waals surface area (Å²) in [5.41, 5.74) is 3.88. The van der Waals surface area contributed by atoms with E-state index in [0.717, 1.165) is 35.1 Å². The van der Waals surface area contributed by atoms with Gasteiger partial charge in [0.15, 0.2) is 6.10 Å². The highest BCUT2D eigenvalue weighted by molar-refractivity contribution is 6.06. The molecule has 0 radical (unpaired) electrons. The maximum atomic E-state index is 13.6. The average molecular weight is 504 g/mol. The van der Waals surface area contributed by atoms with Gasteiger partial charge in [0.05, 0.1) is 23.3 Å². The van der Waals surface area contributed by atoms with Gasteiger partial charge >= 0.3 is 11.9 Å². The fourth-order valence-corrected chi connectivity index (χ4v) is 4.52.